The van der Waals surface area contributed by atoms with Crippen molar-refractivity contribution in [3.8, 4) is 5.69 Å². The number of benzene rings is 2. The Bertz CT molecular complexity index is 961. The third-order valence-corrected chi connectivity index (χ3v) is 3.77. The molecule has 0 atom stereocenters. The molecule has 3 aromatic rings. The van der Waals surface area contributed by atoms with E-state index in [0.29, 0.717) is 11.4 Å². The molecule has 0 saturated carbocycles. The molecular weight excluding hydrogens is 342 g/mol. The molecule has 27 heavy (non-hydrogen) atoms. The maximum Gasteiger partial charge on any atom is 0.338 e. The molecule has 0 bridgehead atoms. The van der Waals surface area contributed by atoms with Crippen LogP contribution >= 0.6 is 0 Å². The summed E-state index contributed by atoms with van der Waals surface area (Å²) in [4.78, 5) is 12.4. The number of rotatable bonds is 6. The average Bonchev–Trinajstić information content (AvgIpc) is 3.17. The van der Waals surface area contributed by atoms with Crippen LogP contribution in [0.25, 0.3) is 17.5 Å². The van der Waals surface area contributed by atoms with Crippen molar-refractivity contribution in [3.63, 3.8) is 0 Å². The van der Waals surface area contributed by atoms with Crippen LogP contribution in [0.5, 0.6) is 0 Å². The van der Waals surface area contributed by atoms with Gasteiger partial charge in [-0.1, -0.05) is 48.5 Å². The number of para-hydroxylation sites is 1. The average molecular weight is 361 g/mol. The number of ether oxygens (including phenoxy) is 1. The number of aliphatic hydroxyl groups excluding tert-OH is 1. The van der Waals surface area contributed by atoms with Crippen LogP contribution < -0.4 is 0 Å². The van der Waals surface area contributed by atoms with Gasteiger partial charge in [0.1, 0.15) is 12.1 Å². The van der Waals surface area contributed by atoms with Gasteiger partial charge in [0.05, 0.1) is 12.2 Å². The predicted octanol–water partition coefficient (Wildman–Crippen LogP) is 3.81. The van der Waals surface area contributed by atoms with Crippen molar-refractivity contribution in [1.82, 2.24) is 14.8 Å². The first-order valence-electron chi connectivity index (χ1n) is 8.49. The molecule has 0 unspecified atom stereocenters. The number of hydrogen-bond donors (Lipinski definition) is 1. The standard InChI is InChI=1S/C21H19N3O3/c1-2-27-21(26)17(13-19(25)16-9-5-3-6-10-16)14-20-23-22-15-24(20)18-11-7-4-8-12-18/h3-15,25H,2H2,1H3/b17-14+,19-13-. The molecule has 1 N–H and O–H groups in total. The molecule has 136 valence electrons. The second-order valence-electron chi connectivity index (χ2n) is 5.61. The van der Waals surface area contributed by atoms with Gasteiger partial charge in [-0.2, -0.15) is 0 Å². The summed E-state index contributed by atoms with van der Waals surface area (Å²) in [6.07, 6.45) is 4.47. The van der Waals surface area contributed by atoms with Gasteiger partial charge in [-0.3, -0.25) is 4.57 Å². The van der Waals surface area contributed by atoms with Crippen LogP contribution in [-0.4, -0.2) is 32.4 Å². The highest BCUT2D eigenvalue weighted by Gasteiger charge is 2.13. The highest BCUT2D eigenvalue weighted by Crippen LogP contribution is 2.18. The molecule has 2 aromatic carbocycles. The first kappa shape index (κ1) is 18.1. The van der Waals surface area contributed by atoms with E-state index < -0.39 is 5.97 Å². The lowest BCUT2D eigenvalue weighted by Crippen LogP contribution is -2.07. The Balaban J connectivity index is 2.02. The summed E-state index contributed by atoms with van der Waals surface area (Å²) in [7, 11) is 0. The molecule has 0 radical (unpaired) electrons. The SMILES string of the molecule is CCOC(=O)C(/C=C(\O)c1ccccc1)=C/c1nncn1-c1ccccc1. The summed E-state index contributed by atoms with van der Waals surface area (Å²) in [6, 6.07) is 18.5. The summed E-state index contributed by atoms with van der Waals surface area (Å²) in [5.41, 5.74) is 1.62. The minimum Gasteiger partial charge on any atom is -0.507 e. The first-order valence-corrected chi connectivity index (χ1v) is 8.49. The lowest BCUT2D eigenvalue weighted by Gasteiger charge is -2.07. The normalized spacial score (nSPS) is 12.0. The van der Waals surface area contributed by atoms with Gasteiger partial charge in [0.2, 0.25) is 0 Å². The molecule has 0 saturated heterocycles. The zero-order valence-electron chi connectivity index (χ0n) is 14.8. The fourth-order valence-electron chi connectivity index (χ4n) is 2.48. The Morgan fingerprint density at radius 1 is 1.11 bits per heavy atom. The van der Waals surface area contributed by atoms with Gasteiger partial charge in [0.25, 0.3) is 0 Å². The van der Waals surface area contributed by atoms with E-state index in [2.05, 4.69) is 10.2 Å². The maximum atomic E-state index is 12.4. The highest BCUT2D eigenvalue weighted by molar-refractivity contribution is 5.98. The smallest absolute Gasteiger partial charge is 0.338 e. The highest BCUT2D eigenvalue weighted by atomic mass is 16.5. The van der Waals surface area contributed by atoms with Crippen LogP contribution in [-0.2, 0) is 9.53 Å². The molecule has 0 spiro atoms. The minimum atomic E-state index is -0.553. The number of carbonyl (C=O) groups is 1. The third-order valence-electron chi connectivity index (χ3n) is 3.77. The number of esters is 1. The summed E-state index contributed by atoms with van der Waals surface area (Å²) in [5, 5.41) is 18.4. The second-order valence-corrected chi connectivity index (χ2v) is 5.61. The largest absolute Gasteiger partial charge is 0.507 e. The Hall–Kier alpha value is -3.67. The maximum absolute atomic E-state index is 12.4. The van der Waals surface area contributed by atoms with E-state index in [-0.39, 0.29) is 17.9 Å². The lowest BCUT2D eigenvalue weighted by molar-refractivity contribution is -0.138. The quantitative estimate of drug-likeness (QED) is 0.313. The molecule has 6 nitrogen and oxygen atoms in total. The summed E-state index contributed by atoms with van der Waals surface area (Å²) in [5.74, 6) is -0.148. The molecule has 6 heteroatoms. The zero-order valence-corrected chi connectivity index (χ0v) is 14.8. The van der Waals surface area contributed by atoms with Crippen LogP contribution in [0.2, 0.25) is 0 Å². The van der Waals surface area contributed by atoms with E-state index in [1.807, 2.05) is 36.4 Å². The van der Waals surface area contributed by atoms with Crippen LogP contribution in [0.1, 0.15) is 18.3 Å². The van der Waals surface area contributed by atoms with Crippen molar-refractivity contribution in [1.29, 1.82) is 0 Å². The van der Waals surface area contributed by atoms with Gasteiger partial charge in [-0.25, -0.2) is 4.79 Å². The number of nitrogens with zero attached hydrogens (tertiary/aromatic N) is 3. The van der Waals surface area contributed by atoms with E-state index in [1.54, 1.807) is 42.1 Å². The van der Waals surface area contributed by atoms with Crippen LogP contribution in [0.4, 0.5) is 0 Å². The Kier molecular flexibility index (Phi) is 5.79. The van der Waals surface area contributed by atoms with Gasteiger partial charge in [-0.15, -0.1) is 10.2 Å². The van der Waals surface area contributed by atoms with E-state index >= 15 is 0 Å². The van der Waals surface area contributed by atoms with E-state index in [1.165, 1.54) is 12.2 Å². The van der Waals surface area contributed by atoms with Gasteiger partial charge in [-0.05, 0) is 31.2 Å². The van der Waals surface area contributed by atoms with Crippen molar-refractivity contribution in [2.75, 3.05) is 6.61 Å². The van der Waals surface area contributed by atoms with Crippen LogP contribution in [0, 0.1) is 0 Å². The number of aromatic nitrogens is 3. The van der Waals surface area contributed by atoms with Crippen molar-refractivity contribution in [3.05, 3.63) is 90.0 Å². The topological polar surface area (TPSA) is 77.2 Å². The molecule has 0 aliphatic heterocycles. The number of aliphatic hydroxyl groups is 1. The molecule has 0 aliphatic carbocycles. The molecule has 1 aromatic heterocycles. The van der Waals surface area contributed by atoms with Gasteiger partial charge in [0, 0.05) is 11.3 Å². The Morgan fingerprint density at radius 2 is 1.78 bits per heavy atom. The molecule has 0 fully saturated rings. The van der Waals surface area contributed by atoms with Crippen molar-refractivity contribution in [2.24, 2.45) is 0 Å². The Labute approximate surface area is 157 Å². The lowest BCUT2D eigenvalue weighted by atomic mass is 10.1. The van der Waals surface area contributed by atoms with Crippen molar-refractivity contribution in [2.45, 2.75) is 6.92 Å². The van der Waals surface area contributed by atoms with E-state index in [9.17, 15) is 9.90 Å². The molecule has 0 amide bonds. The molecular formula is C21H19N3O3. The molecule has 3 rings (SSSR count). The van der Waals surface area contributed by atoms with Crippen molar-refractivity contribution < 1.29 is 14.6 Å². The fourth-order valence-corrected chi connectivity index (χ4v) is 2.48. The monoisotopic (exact) mass is 361 g/mol. The van der Waals surface area contributed by atoms with E-state index in [0.717, 1.165) is 5.69 Å². The molecule has 0 aliphatic rings. The Morgan fingerprint density at radius 3 is 2.44 bits per heavy atom. The predicted molar refractivity (Wildman–Crippen MR) is 103 cm³/mol. The van der Waals surface area contributed by atoms with Gasteiger partial charge in [0.15, 0.2) is 5.82 Å². The first-order chi connectivity index (χ1) is 13.2. The third kappa shape index (κ3) is 4.49. The number of hydrogen-bond acceptors (Lipinski definition) is 5. The summed E-state index contributed by atoms with van der Waals surface area (Å²) >= 11 is 0. The fraction of sp³-hybridized carbons (Fsp3) is 0.0952. The van der Waals surface area contributed by atoms with Gasteiger partial charge >= 0.3 is 5.97 Å². The van der Waals surface area contributed by atoms with E-state index in [4.69, 9.17) is 4.74 Å². The van der Waals surface area contributed by atoms with Crippen LogP contribution in [0.15, 0.2) is 78.6 Å². The zero-order chi connectivity index (χ0) is 19.1. The number of carbonyl (C=O) groups excluding carboxylic acids is 1. The molecule has 1 heterocycles. The van der Waals surface area contributed by atoms with Gasteiger partial charge < -0.3 is 9.84 Å². The van der Waals surface area contributed by atoms with Crippen molar-refractivity contribution >= 4 is 17.8 Å². The van der Waals surface area contributed by atoms with Crippen LogP contribution in [0.3, 0.4) is 0 Å². The summed E-state index contributed by atoms with van der Waals surface area (Å²) < 4.78 is 6.86. The minimum absolute atomic E-state index is 0.0410. The second kappa shape index (κ2) is 8.62. The summed E-state index contributed by atoms with van der Waals surface area (Å²) in [6.45, 7) is 1.95.